The third kappa shape index (κ3) is 2.15. The zero-order valence-electron chi connectivity index (χ0n) is 12.8. The number of hydrogen-bond donors (Lipinski definition) is 2. The number of para-hydroxylation sites is 1. The van der Waals surface area contributed by atoms with Gasteiger partial charge in [0.05, 0.1) is 11.8 Å². The van der Waals surface area contributed by atoms with Gasteiger partial charge < -0.3 is 10.4 Å². The summed E-state index contributed by atoms with van der Waals surface area (Å²) in [4.78, 5) is 25.8. The van der Waals surface area contributed by atoms with E-state index in [1.807, 2.05) is 30.3 Å². The zero-order valence-corrected chi connectivity index (χ0v) is 12.8. The fraction of sp³-hybridized carbons (Fsp3) is 0.100. The van der Waals surface area contributed by atoms with E-state index in [1.165, 1.54) is 6.08 Å². The molecule has 0 aliphatic heterocycles. The minimum Gasteiger partial charge on any atom is -0.512 e. The summed E-state index contributed by atoms with van der Waals surface area (Å²) in [6, 6.07) is 16.2. The third-order valence-electron chi connectivity index (χ3n) is 4.51. The standard InChI is InChI=1S/C20H15NO3/c22-16-11-10-15(21-12-6-2-1-3-7-12)17-18(16)20(24)14-9-5-4-8-13(14)19(17)23/h1-11,17-18,21-22H. The fourth-order valence-corrected chi connectivity index (χ4v) is 3.37. The largest absolute Gasteiger partial charge is 0.512 e. The van der Waals surface area contributed by atoms with Gasteiger partial charge in [0.1, 0.15) is 5.76 Å². The number of benzene rings is 2. The lowest BCUT2D eigenvalue weighted by atomic mass is 9.70. The molecule has 4 nitrogen and oxygen atoms in total. The van der Waals surface area contributed by atoms with E-state index >= 15 is 0 Å². The topological polar surface area (TPSA) is 66.4 Å². The third-order valence-corrected chi connectivity index (χ3v) is 4.51. The van der Waals surface area contributed by atoms with Crippen LogP contribution in [0.25, 0.3) is 0 Å². The Morgan fingerprint density at radius 2 is 1.33 bits per heavy atom. The van der Waals surface area contributed by atoms with Crippen molar-refractivity contribution in [3.05, 3.63) is 89.3 Å². The highest BCUT2D eigenvalue weighted by molar-refractivity contribution is 6.18. The molecule has 4 rings (SSSR count). The van der Waals surface area contributed by atoms with Crippen LogP contribution < -0.4 is 5.32 Å². The van der Waals surface area contributed by atoms with Crippen LogP contribution in [-0.2, 0) is 0 Å². The van der Waals surface area contributed by atoms with Crippen LogP contribution in [0.5, 0.6) is 0 Å². The molecular formula is C20H15NO3. The van der Waals surface area contributed by atoms with Crippen molar-refractivity contribution in [3.63, 3.8) is 0 Å². The molecule has 24 heavy (non-hydrogen) atoms. The van der Waals surface area contributed by atoms with Gasteiger partial charge in [-0.1, -0.05) is 42.5 Å². The molecule has 2 aliphatic carbocycles. The Kier molecular flexibility index (Phi) is 3.31. The molecule has 2 aliphatic rings. The number of nitrogens with one attached hydrogen (secondary N) is 1. The Balaban J connectivity index is 1.79. The molecule has 2 atom stereocenters. The monoisotopic (exact) mass is 317 g/mol. The molecule has 0 radical (unpaired) electrons. The van der Waals surface area contributed by atoms with Crippen LogP contribution in [0.3, 0.4) is 0 Å². The molecule has 0 bridgehead atoms. The number of rotatable bonds is 2. The lowest BCUT2D eigenvalue weighted by Crippen LogP contribution is -2.41. The summed E-state index contributed by atoms with van der Waals surface area (Å²) < 4.78 is 0. The smallest absolute Gasteiger partial charge is 0.175 e. The van der Waals surface area contributed by atoms with Gasteiger partial charge in [-0.05, 0) is 24.3 Å². The molecule has 118 valence electrons. The first kappa shape index (κ1) is 14.5. The number of Topliss-reactive ketones (excluding diaryl/α,β-unsaturated/α-hetero) is 2. The number of fused-ring (bicyclic) bond motifs is 2. The summed E-state index contributed by atoms with van der Waals surface area (Å²) in [5.74, 6) is -2.01. The van der Waals surface area contributed by atoms with Crippen LogP contribution >= 0.6 is 0 Å². The molecule has 0 saturated heterocycles. The van der Waals surface area contributed by atoms with Gasteiger partial charge in [-0.15, -0.1) is 0 Å². The zero-order chi connectivity index (χ0) is 16.7. The van der Waals surface area contributed by atoms with E-state index in [1.54, 1.807) is 30.3 Å². The molecule has 2 aromatic carbocycles. The number of carbonyl (C=O) groups is 2. The van der Waals surface area contributed by atoms with Crippen LogP contribution in [0, 0.1) is 11.8 Å². The summed E-state index contributed by atoms with van der Waals surface area (Å²) in [7, 11) is 0. The molecule has 0 amide bonds. The molecule has 2 aromatic rings. The minimum absolute atomic E-state index is 0.0635. The first-order valence-electron chi connectivity index (χ1n) is 7.77. The number of ketones is 2. The number of allylic oxidation sites excluding steroid dienone is 4. The predicted molar refractivity (Wildman–Crippen MR) is 90.9 cm³/mol. The minimum atomic E-state index is -0.858. The average molecular weight is 317 g/mol. The van der Waals surface area contributed by atoms with E-state index in [-0.39, 0.29) is 17.3 Å². The number of anilines is 1. The van der Waals surface area contributed by atoms with E-state index in [0.717, 1.165) is 5.69 Å². The molecular weight excluding hydrogens is 302 g/mol. The van der Waals surface area contributed by atoms with Gasteiger partial charge in [0.25, 0.3) is 0 Å². The van der Waals surface area contributed by atoms with E-state index < -0.39 is 11.8 Å². The van der Waals surface area contributed by atoms with Gasteiger partial charge in [0.15, 0.2) is 11.6 Å². The first-order valence-corrected chi connectivity index (χ1v) is 7.77. The Hall–Kier alpha value is -3.14. The van der Waals surface area contributed by atoms with Crippen molar-refractivity contribution in [2.24, 2.45) is 11.8 Å². The quantitative estimate of drug-likeness (QED) is 0.885. The maximum Gasteiger partial charge on any atom is 0.175 e. The van der Waals surface area contributed by atoms with E-state index in [9.17, 15) is 14.7 Å². The normalized spacial score (nSPS) is 22.2. The van der Waals surface area contributed by atoms with E-state index in [4.69, 9.17) is 0 Å². The predicted octanol–water partition coefficient (Wildman–Crippen LogP) is 3.75. The number of carbonyl (C=O) groups excluding carboxylic acids is 2. The lowest BCUT2D eigenvalue weighted by molar-refractivity contribution is 0.0750. The lowest BCUT2D eigenvalue weighted by Gasteiger charge is -2.34. The van der Waals surface area contributed by atoms with Crippen molar-refractivity contribution in [3.8, 4) is 0 Å². The van der Waals surface area contributed by atoms with E-state index in [0.29, 0.717) is 16.8 Å². The van der Waals surface area contributed by atoms with Gasteiger partial charge in [-0.3, -0.25) is 9.59 Å². The van der Waals surface area contributed by atoms with Gasteiger partial charge in [0.2, 0.25) is 0 Å². The SMILES string of the molecule is O=C1c2ccccc2C(=O)C2C(Nc3ccccc3)=CC=C(O)C12. The Labute approximate surface area is 139 Å². The molecule has 4 heteroatoms. The van der Waals surface area contributed by atoms with Crippen LogP contribution in [0.1, 0.15) is 20.7 Å². The van der Waals surface area contributed by atoms with Crippen LogP contribution in [-0.4, -0.2) is 16.7 Å². The van der Waals surface area contributed by atoms with Gasteiger partial charge in [-0.25, -0.2) is 0 Å². The number of aliphatic hydroxyl groups excluding tert-OH is 1. The molecule has 0 fully saturated rings. The summed E-state index contributed by atoms with van der Waals surface area (Å²) in [6.07, 6.45) is 3.16. The van der Waals surface area contributed by atoms with Crippen molar-refractivity contribution < 1.29 is 14.7 Å². The molecule has 0 saturated carbocycles. The van der Waals surface area contributed by atoms with Gasteiger partial charge >= 0.3 is 0 Å². The molecule has 2 unspecified atom stereocenters. The Bertz CT molecular complexity index is 896. The number of hydrogen-bond acceptors (Lipinski definition) is 4. The highest BCUT2D eigenvalue weighted by atomic mass is 16.3. The summed E-state index contributed by atoms with van der Waals surface area (Å²) in [5.41, 5.74) is 2.25. The van der Waals surface area contributed by atoms with Crippen molar-refractivity contribution in [2.45, 2.75) is 0 Å². The van der Waals surface area contributed by atoms with Gasteiger partial charge in [0, 0.05) is 22.5 Å². The Morgan fingerprint density at radius 1 is 0.750 bits per heavy atom. The van der Waals surface area contributed by atoms with Crippen LogP contribution in [0.2, 0.25) is 0 Å². The van der Waals surface area contributed by atoms with Gasteiger partial charge in [-0.2, -0.15) is 0 Å². The highest BCUT2D eigenvalue weighted by Gasteiger charge is 2.46. The molecule has 0 spiro atoms. The van der Waals surface area contributed by atoms with Crippen molar-refractivity contribution in [1.29, 1.82) is 0 Å². The highest BCUT2D eigenvalue weighted by Crippen LogP contribution is 2.40. The Morgan fingerprint density at radius 3 is 2.00 bits per heavy atom. The van der Waals surface area contributed by atoms with Crippen LogP contribution in [0.4, 0.5) is 5.69 Å². The maximum absolute atomic E-state index is 13.0. The molecule has 0 aromatic heterocycles. The molecule has 2 N–H and O–H groups in total. The van der Waals surface area contributed by atoms with Crippen molar-refractivity contribution in [1.82, 2.24) is 0 Å². The molecule has 0 heterocycles. The average Bonchev–Trinajstić information content (AvgIpc) is 2.62. The fourth-order valence-electron chi connectivity index (χ4n) is 3.37. The van der Waals surface area contributed by atoms with Crippen molar-refractivity contribution >= 4 is 17.3 Å². The summed E-state index contributed by atoms with van der Waals surface area (Å²) in [6.45, 7) is 0. The summed E-state index contributed by atoms with van der Waals surface area (Å²) in [5, 5.41) is 13.4. The van der Waals surface area contributed by atoms with E-state index in [2.05, 4.69) is 5.32 Å². The number of aliphatic hydroxyl groups is 1. The second-order valence-electron chi connectivity index (χ2n) is 5.93. The van der Waals surface area contributed by atoms with Crippen LogP contribution in [0.15, 0.2) is 78.2 Å². The summed E-state index contributed by atoms with van der Waals surface area (Å²) >= 11 is 0. The first-order chi connectivity index (χ1) is 11.7. The van der Waals surface area contributed by atoms with Crippen molar-refractivity contribution in [2.75, 3.05) is 5.32 Å². The second kappa shape index (κ2) is 5.49. The maximum atomic E-state index is 13.0. The second-order valence-corrected chi connectivity index (χ2v) is 5.93.